The Morgan fingerprint density at radius 1 is 0.963 bits per heavy atom. The van der Waals surface area contributed by atoms with Crippen molar-refractivity contribution in [1.82, 2.24) is 4.90 Å². The third-order valence-electron chi connectivity index (χ3n) is 3.87. The molecule has 0 unspecified atom stereocenters. The van der Waals surface area contributed by atoms with E-state index in [2.05, 4.69) is 9.08 Å². The summed E-state index contributed by atoms with van der Waals surface area (Å²) >= 11 is 0. The Kier molecular flexibility index (Phi) is 5.78. The molecular formula is C19H18FNO5S. The summed E-state index contributed by atoms with van der Waals surface area (Å²) < 4.78 is 43.3. The average molecular weight is 391 g/mol. The third-order valence-corrected chi connectivity index (χ3v) is 4.26. The van der Waals surface area contributed by atoms with Crippen LogP contribution in [0.4, 0.5) is 3.89 Å². The Labute approximate surface area is 156 Å². The summed E-state index contributed by atoms with van der Waals surface area (Å²) in [6.07, 6.45) is 1.59. The van der Waals surface area contributed by atoms with Crippen molar-refractivity contribution < 1.29 is 26.0 Å². The molecule has 3 aromatic rings. The van der Waals surface area contributed by atoms with Crippen LogP contribution >= 0.6 is 0 Å². The minimum absolute atomic E-state index is 0.0976. The van der Waals surface area contributed by atoms with Gasteiger partial charge in [0.25, 0.3) is 0 Å². The summed E-state index contributed by atoms with van der Waals surface area (Å²) in [6.45, 7) is 1.49. The molecule has 1 heterocycles. The van der Waals surface area contributed by atoms with Crippen LogP contribution < -0.4 is 4.18 Å². The van der Waals surface area contributed by atoms with E-state index in [0.717, 1.165) is 16.9 Å². The molecule has 0 bridgehead atoms. The van der Waals surface area contributed by atoms with E-state index >= 15 is 0 Å². The summed E-state index contributed by atoms with van der Waals surface area (Å²) in [7, 11) is -5.04. The van der Waals surface area contributed by atoms with Gasteiger partial charge in [-0.3, -0.25) is 4.90 Å². The second kappa shape index (κ2) is 8.24. The molecule has 0 saturated heterocycles. The summed E-state index contributed by atoms with van der Waals surface area (Å²) in [5.41, 5.74) is 1.63. The minimum atomic E-state index is -5.04. The Balaban J connectivity index is 1.75. The second-order valence-electron chi connectivity index (χ2n) is 5.97. The van der Waals surface area contributed by atoms with E-state index in [1.54, 1.807) is 36.6 Å². The maximum atomic E-state index is 12.6. The number of benzene rings is 2. The van der Waals surface area contributed by atoms with Gasteiger partial charge < -0.3 is 13.7 Å². The number of halogens is 1. The van der Waals surface area contributed by atoms with E-state index in [1.165, 1.54) is 12.1 Å². The van der Waals surface area contributed by atoms with E-state index in [0.29, 0.717) is 19.6 Å². The number of hydrogen-bond acceptors (Lipinski definition) is 6. The quantitative estimate of drug-likeness (QED) is 0.589. The Bertz CT molecular complexity index is 972. The molecule has 0 atom stereocenters. The first-order valence-corrected chi connectivity index (χ1v) is 9.44. The van der Waals surface area contributed by atoms with Crippen LogP contribution in [0.2, 0.25) is 0 Å². The first-order chi connectivity index (χ1) is 12.9. The zero-order chi connectivity index (χ0) is 19.3. The lowest BCUT2D eigenvalue weighted by atomic mass is 10.1. The highest BCUT2D eigenvalue weighted by Crippen LogP contribution is 2.22. The highest BCUT2D eigenvalue weighted by molar-refractivity contribution is 7.81. The molecule has 6 nitrogen and oxygen atoms in total. The predicted molar refractivity (Wildman–Crippen MR) is 96.9 cm³/mol. The number of hydrogen-bond donors (Lipinski definition) is 1. The Morgan fingerprint density at radius 3 is 2.33 bits per heavy atom. The van der Waals surface area contributed by atoms with Crippen LogP contribution in [0.15, 0.2) is 71.3 Å². The topological polar surface area (TPSA) is 80.0 Å². The molecule has 0 aliphatic rings. The van der Waals surface area contributed by atoms with Gasteiger partial charge in [-0.15, -0.1) is 0 Å². The number of phenols is 1. The van der Waals surface area contributed by atoms with Gasteiger partial charge in [0.1, 0.15) is 17.3 Å². The van der Waals surface area contributed by atoms with Gasteiger partial charge in [0, 0.05) is 18.7 Å². The van der Waals surface area contributed by atoms with Gasteiger partial charge >= 0.3 is 10.5 Å². The molecule has 0 saturated carbocycles. The van der Waals surface area contributed by atoms with Crippen LogP contribution in [0.3, 0.4) is 0 Å². The molecule has 0 aliphatic heterocycles. The normalized spacial score (nSPS) is 11.6. The zero-order valence-corrected chi connectivity index (χ0v) is 15.1. The maximum Gasteiger partial charge on any atom is 0.488 e. The molecule has 1 N–H and O–H groups in total. The van der Waals surface area contributed by atoms with Crippen LogP contribution in [0.25, 0.3) is 0 Å². The third kappa shape index (κ3) is 5.83. The van der Waals surface area contributed by atoms with Gasteiger partial charge in [-0.2, -0.15) is 8.42 Å². The fourth-order valence-electron chi connectivity index (χ4n) is 2.70. The lowest BCUT2D eigenvalue weighted by molar-refractivity contribution is 0.224. The molecule has 0 radical (unpaired) electrons. The Morgan fingerprint density at radius 2 is 1.70 bits per heavy atom. The minimum Gasteiger partial charge on any atom is -0.508 e. The largest absolute Gasteiger partial charge is 0.508 e. The molecule has 0 fully saturated rings. The van der Waals surface area contributed by atoms with Gasteiger partial charge in [-0.05, 0) is 35.9 Å². The molecule has 142 valence electrons. The van der Waals surface area contributed by atoms with Crippen LogP contribution in [0.1, 0.15) is 16.9 Å². The molecule has 0 spiro atoms. The van der Waals surface area contributed by atoms with E-state index in [9.17, 15) is 17.4 Å². The number of furan rings is 1. The van der Waals surface area contributed by atoms with Crippen molar-refractivity contribution in [3.05, 3.63) is 83.8 Å². The molecule has 0 amide bonds. The average Bonchev–Trinajstić information content (AvgIpc) is 3.10. The number of rotatable bonds is 8. The van der Waals surface area contributed by atoms with E-state index in [4.69, 9.17) is 4.42 Å². The van der Waals surface area contributed by atoms with E-state index in [-0.39, 0.29) is 11.5 Å². The Hall–Kier alpha value is -2.84. The van der Waals surface area contributed by atoms with Gasteiger partial charge in [-0.1, -0.05) is 34.2 Å². The summed E-state index contributed by atoms with van der Waals surface area (Å²) in [6, 6.07) is 16.8. The molecule has 0 aliphatic carbocycles. The van der Waals surface area contributed by atoms with E-state index in [1.807, 2.05) is 18.2 Å². The van der Waals surface area contributed by atoms with Crippen molar-refractivity contribution in [1.29, 1.82) is 0 Å². The standard InChI is InChI=1S/C19H18FNO5S/c20-27(23,24)26-17-9-7-15(8-10-17)12-21(14-18-5-3-11-25-18)13-16-4-1-2-6-19(16)22/h1-11,22H,12-14H2. The molecule has 3 rings (SSSR count). The van der Waals surface area contributed by atoms with Gasteiger partial charge in [0.05, 0.1) is 12.8 Å². The highest BCUT2D eigenvalue weighted by atomic mass is 32.3. The molecule has 8 heteroatoms. The smallest absolute Gasteiger partial charge is 0.488 e. The van der Waals surface area contributed by atoms with Crippen molar-refractivity contribution in [2.45, 2.75) is 19.6 Å². The summed E-state index contributed by atoms with van der Waals surface area (Å²) in [5.74, 6) is 0.882. The number of para-hydroxylation sites is 1. The van der Waals surface area contributed by atoms with Crippen molar-refractivity contribution >= 4 is 10.5 Å². The lowest BCUT2D eigenvalue weighted by Crippen LogP contribution is -2.22. The van der Waals surface area contributed by atoms with Crippen LogP contribution in [0.5, 0.6) is 11.5 Å². The van der Waals surface area contributed by atoms with Crippen molar-refractivity contribution in [2.75, 3.05) is 0 Å². The summed E-state index contributed by atoms with van der Waals surface area (Å²) in [5, 5.41) is 10.0. The first kappa shape index (κ1) is 18.9. The maximum absolute atomic E-state index is 12.6. The molecule has 1 aromatic heterocycles. The van der Waals surface area contributed by atoms with Crippen molar-refractivity contribution in [3.63, 3.8) is 0 Å². The number of aromatic hydroxyl groups is 1. The van der Waals surface area contributed by atoms with Gasteiger partial charge in [-0.25, -0.2) is 0 Å². The van der Waals surface area contributed by atoms with Gasteiger partial charge in [0.2, 0.25) is 0 Å². The first-order valence-electron chi connectivity index (χ1n) is 8.14. The number of phenolic OH excluding ortho intramolecular Hbond substituents is 1. The van der Waals surface area contributed by atoms with Crippen LogP contribution in [-0.2, 0) is 30.1 Å². The second-order valence-corrected chi connectivity index (χ2v) is 6.93. The summed E-state index contributed by atoms with van der Waals surface area (Å²) in [4.78, 5) is 2.05. The number of nitrogens with zero attached hydrogens (tertiary/aromatic N) is 1. The van der Waals surface area contributed by atoms with Crippen LogP contribution in [0, 0.1) is 0 Å². The van der Waals surface area contributed by atoms with Crippen LogP contribution in [-0.4, -0.2) is 18.4 Å². The zero-order valence-electron chi connectivity index (χ0n) is 14.3. The van der Waals surface area contributed by atoms with E-state index < -0.39 is 10.5 Å². The van der Waals surface area contributed by atoms with Crippen molar-refractivity contribution in [3.8, 4) is 11.5 Å². The lowest BCUT2D eigenvalue weighted by Gasteiger charge is -2.22. The SMILES string of the molecule is O=S(=O)(F)Oc1ccc(CN(Cc2ccco2)Cc2ccccc2O)cc1. The fourth-order valence-corrected chi connectivity index (χ4v) is 3.04. The van der Waals surface area contributed by atoms with Gasteiger partial charge in [0.15, 0.2) is 0 Å². The molecule has 2 aromatic carbocycles. The fraction of sp³-hybridized carbons (Fsp3) is 0.158. The molecular weight excluding hydrogens is 373 g/mol. The predicted octanol–water partition coefficient (Wildman–Crippen LogP) is 3.78. The van der Waals surface area contributed by atoms with Crippen molar-refractivity contribution in [2.24, 2.45) is 0 Å². The monoisotopic (exact) mass is 391 g/mol. The highest BCUT2D eigenvalue weighted by Gasteiger charge is 2.13. The molecule has 27 heavy (non-hydrogen) atoms.